The predicted octanol–water partition coefficient (Wildman–Crippen LogP) is 1.20. The van der Waals surface area contributed by atoms with Crippen molar-refractivity contribution in [1.29, 1.82) is 0 Å². The monoisotopic (exact) mass is 217 g/mol. The van der Waals surface area contributed by atoms with Crippen molar-refractivity contribution in [2.75, 3.05) is 5.73 Å². The van der Waals surface area contributed by atoms with E-state index >= 15 is 0 Å². The molecule has 0 spiro atoms. The molecule has 0 radical (unpaired) electrons. The molecule has 4 heteroatoms. The Morgan fingerprint density at radius 1 is 1.75 bits per heavy atom. The Hall–Kier alpha value is -2.02. The van der Waals surface area contributed by atoms with Gasteiger partial charge in [0.2, 0.25) is 0 Å². The third-order valence-electron chi connectivity index (χ3n) is 2.25. The summed E-state index contributed by atoms with van der Waals surface area (Å²) in [5.74, 6) is 2.25. The number of nitrogens with zero attached hydrogens (tertiary/aromatic N) is 1. The molecule has 0 bridgehead atoms. The Morgan fingerprint density at radius 3 is 3.06 bits per heavy atom. The van der Waals surface area contributed by atoms with Crippen molar-refractivity contribution in [3.05, 3.63) is 24.0 Å². The number of anilines is 1. The van der Waals surface area contributed by atoms with Crippen molar-refractivity contribution in [3.8, 4) is 12.3 Å². The fourth-order valence-corrected chi connectivity index (χ4v) is 1.30. The molecule has 16 heavy (non-hydrogen) atoms. The molecule has 0 aliphatic carbocycles. The van der Waals surface area contributed by atoms with Gasteiger partial charge in [-0.05, 0) is 18.6 Å². The fourth-order valence-electron chi connectivity index (χ4n) is 1.30. The molecule has 1 aromatic heterocycles. The van der Waals surface area contributed by atoms with Gasteiger partial charge in [-0.25, -0.2) is 4.98 Å². The first kappa shape index (κ1) is 12.1. The lowest BCUT2D eigenvalue weighted by molar-refractivity contribution is 0.0932. The van der Waals surface area contributed by atoms with Crippen molar-refractivity contribution in [2.24, 2.45) is 0 Å². The highest BCUT2D eigenvalue weighted by Crippen LogP contribution is 2.07. The lowest BCUT2D eigenvalue weighted by Crippen LogP contribution is -2.35. The van der Waals surface area contributed by atoms with Gasteiger partial charge in [0.15, 0.2) is 5.69 Å². The van der Waals surface area contributed by atoms with Gasteiger partial charge in [-0.2, -0.15) is 0 Å². The number of amides is 1. The molecule has 1 atom stereocenters. The summed E-state index contributed by atoms with van der Waals surface area (Å²) < 4.78 is 0. The van der Waals surface area contributed by atoms with E-state index in [2.05, 4.69) is 16.2 Å². The Bertz CT molecular complexity index is 409. The standard InChI is InChI=1S/C12H15N3O/c1-3-6-9(4-2)15-12(16)11-10(13)7-5-8-14-11/h1,5,7-9H,4,6,13H2,2H3,(H,15,16). The minimum Gasteiger partial charge on any atom is -0.397 e. The molecule has 0 saturated carbocycles. The minimum absolute atomic E-state index is 0.0288. The number of hydrogen-bond acceptors (Lipinski definition) is 3. The van der Waals surface area contributed by atoms with Crippen LogP contribution < -0.4 is 11.1 Å². The number of pyridine rings is 1. The molecule has 84 valence electrons. The molecular formula is C12H15N3O. The van der Waals surface area contributed by atoms with Crippen LogP contribution in [0.15, 0.2) is 18.3 Å². The lowest BCUT2D eigenvalue weighted by atomic mass is 10.1. The van der Waals surface area contributed by atoms with E-state index in [0.29, 0.717) is 12.1 Å². The molecule has 1 amide bonds. The second-order valence-electron chi connectivity index (χ2n) is 3.43. The highest BCUT2D eigenvalue weighted by molar-refractivity contribution is 5.97. The number of carbonyl (C=O) groups is 1. The summed E-state index contributed by atoms with van der Waals surface area (Å²) in [5.41, 5.74) is 6.27. The maximum Gasteiger partial charge on any atom is 0.272 e. The number of nitrogens with two attached hydrogens (primary N) is 1. The number of rotatable bonds is 4. The number of terminal acetylenes is 1. The van der Waals surface area contributed by atoms with E-state index in [-0.39, 0.29) is 17.6 Å². The van der Waals surface area contributed by atoms with Crippen LogP contribution in [0.3, 0.4) is 0 Å². The average Bonchev–Trinajstić information content (AvgIpc) is 2.28. The van der Waals surface area contributed by atoms with Crippen molar-refractivity contribution in [1.82, 2.24) is 10.3 Å². The van der Waals surface area contributed by atoms with Gasteiger partial charge in [-0.15, -0.1) is 12.3 Å². The van der Waals surface area contributed by atoms with Crippen molar-refractivity contribution >= 4 is 11.6 Å². The summed E-state index contributed by atoms with van der Waals surface area (Å²) in [6, 6.07) is 3.30. The zero-order valence-corrected chi connectivity index (χ0v) is 9.23. The van der Waals surface area contributed by atoms with Gasteiger partial charge in [0.25, 0.3) is 5.91 Å². The van der Waals surface area contributed by atoms with Crippen molar-refractivity contribution in [2.45, 2.75) is 25.8 Å². The molecule has 1 aromatic rings. The van der Waals surface area contributed by atoms with Gasteiger partial charge in [0, 0.05) is 18.7 Å². The molecule has 0 saturated heterocycles. The summed E-state index contributed by atoms with van der Waals surface area (Å²) in [4.78, 5) is 15.7. The minimum atomic E-state index is -0.278. The summed E-state index contributed by atoms with van der Waals surface area (Å²) in [6.07, 6.45) is 8.03. The van der Waals surface area contributed by atoms with Crippen LogP contribution in [0.1, 0.15) is 30.3 Å². The maximum absolute atomic E-state index is 11.8. The van der Waals surface area contributed by atoms with Crippen LogP contribution in [0.2, 0.25) is 0 Å². The number of hydrogen-bond donors (Lipinski definition) is 2. The molecule has 0 aromatic carbocycles. The zero-order valence-electron chi connectivity index (χ0n) is 9.23. The molecule has 0 aliphatic heterocycles. The average molecular weight is 217 g/mol. The van der Waals surface area contributed by atoms with Gasteiger partial charge < -0.3 is 11.1 Å². The predicted molar refractivity (Wildman–Crippen MR) is 63.6 cm³/mol. The van der Waals surface area contributed by atoms with Crippen LogP contribution in [0.5, 0.6) is 0 Å². The first-order chi connectivity index (χ1) is 7.69. The van der Waals surface area contributed by atoms with Gasteiger partial charge in [0.05, 0.1) is 5.69 Å². The molecule has 1 rings (SSSR count). The van der Waals surface area contributed by atoms with Gasteiger partial charge in [-0.1, -0.05) is 6.92 Å². The van der Waals surface area contributed by atoms with E-state index in [4.69, 9.17) is 12.2 Å². The molecule has 4 nitrogen and oxygen atoms in total. The Labute approximate surface area is 95.3 Å². The van der Waals surface area contributed by atoms with Crippen molar-refractivity contribution in [3.63, 3.8) is 0 Å². The van der Waals surface area contributed by atoms with Crippen LogP contribution >= 0.6 is 0 Å². The van der Waals surface area contributed by atoms with Crippen LogP contribution in [-0.4, -0.2) is 16.9 Å². The second kappa shape index (κ2) is 5.76. The molecular weight excluding hydrogens is 202 g/mol. The van der Waals surface area contributed by atoms with E-state index in [9.17, 15) is 4.79 Å². The molecule has 0 aliphatic rings. The van der Waals surface area contributed by atoms with E-state index in [1.807, 2.05) is 6.92 Å². The number of carbonyl (C=O) groups excluding carboxylic acids is 1. The smallest absolute Gasteiger partial charge is 0.272 e. The first-order valence-electron chi connectivity index (χ1n) is 5.13. The van der Waals surface area contributed by atoms with E-state index < -0.39 is 0 Å². The maximum atomic E-state index is 11.8. The quantitative estimate of drug-likeness (QED) is 0.744. The third-order valence-corrected chi connectivity index (χ3v) is 2.25. The van der Waals surface area contributed by atoms with E-state index in [1.165, 1.54) is 6.20 Å². The van der Waals surface area contributed by atoms with Crippen LogP contribution in [0, 0.1) is 12.3 Å². The van der Waals surface area contributed by atoms with Gasteiger partial charge >= 0.3 is 0 Å². The van der Waals surface area contributed by atoms with Crippen LogP contribution in [-0.2, 0) is 0 Å². The summed E-state index contributed by atoms with van der Waals surface area (Å²) in [6.45, 7) is 1.96. The Balaban J connectivity index is 2.73. The lowest BCUT2D eigenvalue weighted by Gasteiger charge is -2.14. The topological polar surface area (TPSA) is 68.0 Å². The Morgan fingerprint density at radius 2 is 2.50 bits per heavy atom. The molecule has 1 unspecified atom stereocenters. The highest BCUT2D eigenvalue weighted by atomic mass is 16.1. The number of nitrogen functional groups attached to an aromatic ring is 1. The number of nitrogens with one attached hydrogen (secondary N) is 1. The Kier molecular flexibility index (Phi) is 4.34. The number of aromatic nitrogens is 1. The van der Waals surface area contributed by atoms with Gasteiger partial charge in [0.1, 0.15) is 0 Å². The zero-order chi connectivity index (χ0) is 12.0. The van der Waals surface area contributed by atoms with E-state index in [1.54, 1.807) is 12.1 Å². The van der Waals surface area contributed by atoms with Crippen LogP contribution in [0.4, 0.5) is 5.69 Å². The summed E-state index contributed by atoms with van der Waals surface area (Å²) in [5, 5.41) is 2.80. The molecule has 0 fully saturated rings. The molecule has 1 heterocycles. The largest absolute Gasteiger partial charge is 0.397 e. The third kappa shape index (κ3) is 2.99. The first-order valence-corrected chi connectivity index (χ1v) is 5.13. The summed E-state index contributed by atoms with van der Waals surface area (Å²) >= 11 is 0. The SMILES string of the molecule is C#CCC(CC)NC(=O)c1ncccc1N. The second-order valence-corrected chi connectivity index (χ2v) is 3.43. The van der Waals surface area contributed by atoms with Crippen molar-refractivity contribution < 1.29 is 4.79 Å². The van der Waals surface area contributed by atoms with E-state index in [0.717, 1.165) is 6.42 Å². The highest BCUT2D eigenvalue weighted by Gasteiger charge is 2.14. The van der Waals surface area contributed by atoms with Gasteiger partial charge in [-0.3, -0.25) is 4.79 Å². The molecule has 3 N–H and O–H groups in total. The van der Waals surface area contributed by atoms with Crippen LogP contribution in [0.25, 0.3) is 0 Å². The normalized spacial score (nSPS) is 11.5. The fraction of sp³-hybridized carbons (Fsp3) is 0.333. The summed E-state index contributed by atoms with van der Waals surface area (Å²) in [7, 11) is 0.